The Balaban J connectivity index is 2.41. The maximum atomic E-state index is 11.4. The minimum Gasteiger partial charge on any atom is -0.323 e. The first-order valence-corrected chi connectivity index (χ1v) is 5.77. The first kappa shape index (κ1) is 11.6. The number of benzene rings is 1. The molecule has 0 unspecified atom stereocenters. The molecule has 2 rings (SSSR count). The van der Waals surface area contributed by atoms with Crippen molar-refractivity contribution in [2.45, 2.75) is 6.42 Å². The number of amides is 1. The van der Waals surface area contributed by atoms with Crippen molar-refractivity contribution >= 4 is 38.4 Å². The first-order valence-electron chi connectivity index (χ1n) is 4.98. The summed E-state index contributed by atoms with van der Waals surface area (Å²) >= 11 is 3.36. The number of terminal acetylenes is 1. The number of fused-ring (bicyclic) bond motifs is 1. The van der Waals surface area contributed by atoms with Gasteiger partial charge in [-0.2, -0.15) is 0 Å². The zero-order chi connectivity index (χ0) is 12.3. The van der Waals surface area contributed by atoms with Crippen molar-refractivity contribution in [3.63, 3.8) is 0 Å². The highest BCUT2D eigenvalue weighted by molar-refractivity contribution is 9.10. The quantitative estimate of drug-likeness (QED) is 0.864. The normalized spacial score (nSPS) is 9.88. The van der Waals surface area contributed by atoms with E-state index in [2.05, 4.69) is 32.2 Å². The van der Waals surface area contributed by atoms with Gasteiger partial charge >= 0.3 is 0 Å². The molecule has 1 N–H and O–H groups in total. The Hall–Kier alpha value is -1.86. The van der Waals surface area contributed by atoms with Crippen LogP contribution in [0.25, 0.3) is 10.9 Å². The topological polar surface area (TPSA) is 42.0 Å². The Morgan fingerprint density at radius 3 is 3.12 bits per heavy atom. The lowest BCUT2D eigenvalue weighted by atomic mass is 10.2. The zero-order valence-corrected chi connectivity index (χ0v) is 10.5. The number of halogens is 1. The largest absolute Gasteiger partial charge is 0.323 e. The van der Waals surface area contributed by atoms with Gasteiger partial charge in [-0.05, 0) is 28.1 Å². The Morgan fingerprint density at radius 2 is 2.35 bits per heavy atom. The van der Waals surface area contributed by atoms with Crippen LogP contribution in [0.4, 0.5) is 5.69 Å². The van der Waals surface area contributed by atoms with Crippen molar-refractivity contribution in [2.75, 3.05) is 5.32 Å². The summed E-state index contributed by atoms with van der Waals surface area (Å²) in [5.74, 6) is 2.10. The molecule has 0 saturated carbocycles. The summed E-state index contributed by atoms with van der Waals surface area (Å²) < 4.78 is 0.900. The maximum Gasteiger partial charge on any atom is 0.236 e. The maximum absolute atomic E-state index is 11.4. The third-order valence-corrected chi connectivity index (χ3v) is 2.65. The predicted octanol–water partition coefficient (Wildman–Crippen LogP) is 2.96. The van der Waals surface area contributed by atoms with Crippen molar-refractivity contribution in [3.05, 3.63) is 34.9 Å². The molecular formula is C13H9BrN2O. The molecule has 1 amide bonds. The Bertz CT molecular complexity index is 616. The Kier molecular flexibility index (Phi) is 3.40. The molecule has 0 saturated heterocycles. The number of hydrogen-bond acceptors (Lipinski definition) is 2. The summed E-state index contributed by atoms with van der Waals surface area (Å²) in [6.07, 6.45) is 6.84. The van der Waals surface area contributed by atoms with Crippen LogP contribution in [0, 0.1) is 12.3 Å². The molecular weight excluding hydrogens is 280 g/mol. The molecule has 0 atom stereocenters. The average Bonchev–Trinajstić information content (AvgIpc) is 2.29. The SMILES string of the molecule is C#CCC(=O)Nc1cccc2cc(Br)cnc12. The van der Waals surface area contributed by atoms with Crippen molar-refractivity contribution in [2.24, 2.45) is 0 Å². The predicted molar refractivity (Wildman–Crippen MR) is 71.5 cm³/mol. The van der Waals surface area contributed by atoms with Crippen molar-refractivity contribution in [1.82, 2.24) is 4.98 Å². The molecule has 2 aromatic rings. The van der Waals surface area contributed by atoms with Crippen LogP contribution in [-0.4, -0.2) is 10.9 Å². The van der Waals surface area contributed by atoms with E-state index in [1.165, 1.54) is 0 Å². The molecule has 1 aromatic carbocycles. The number of nitrogens with zero attached hydrogens (tertiary/aromatic N) is 1. The summed E-state index contributed by atoms with van der Waals surface area (Å²) in [7, 11) is 0. The van der Waals surface area contributed by atoms with Crippen molar-refractivity contribution in [1.29, 1.82) is 0 Å². The number of aromatic nitrogens is 1. The monoisotopic (exact) mass is 288 g/mol. The fraction of sp³-hybridized carbons (Fsp3) is 0.0769. The van der Waals surface area contributed by atoms with Crippen molar-refractivity contribution in [3.8, 4) is 12.3 Å². The lowest BCUT2D eigenvalue weighted by molar-refractivity contribution is -0.115. The first-order chi connectivity index (χ1) is 8.20. The number of carbonyl (C=O) groups is 1. The second kappa shape index (κ2) is 4.98. The standard InChI is InChI=1S/C13H9BrN2O/c1-2-4-12(17)16-11-6-3-5-9-7-10(14)8-15-13(9)11/h1,3,5-8H,4H2,(H,16,17). The van der Waals surface area contributed by atoms with Crippen LogP contribution in [0.3, 0.4) is 0 Å². The highest BCUT2D eigenvalue weighted by Gasteiger charge is 2.05. The van der Waals surface area contributed by atoms with Gasteiger partial charge in [-0.25, -0.2) is 0 Å². The minimum absolute atomic E-state index is 0.0624. The van der Waals surface area contributed by atoms with Crippen LogP contribution in [0.2, 0.25) is 0 Å². The van der Waals surface area contributed by atoms with E-state index in [1.54, 1.807) is 12.3 Å². The highest BCUT2D eigenvalue weighted by Crippen LogP contribution is 2.23. The average molecular weight is 289 g/mol. The molecule has 0 fully saturated rings. The lowest BCUT2D eigenvalue weighted by Crippen LogP contribution is -2.10. The van der Waals surface area contributed by atoms with Gasteiger partial charge in [0.2, 0.25) is 5.91 Å². The number of anilines is 1. The number of pyridine rings is 1. The van der Waals surface area contributed by atoms with Gasteiger partial charge in [0.15, 0.2) is 0 Å². The van der Waals surface area contributed by atoms with E-state index in [1.807, 2.05) is 18.2 Å². The molecule has 4 heteroatoms. The number of rotatable bonds is 2. The van der Waals surface area contributed by atoms with Gasteiger partial charge in [0, 0.05) is 16.1 Å². The number of nitrogens with one attached hydrogen (secondary N) is 1. The van der Waals surface area contributed by atoms with Crippen LogP contribution in [0.5, 0.6) is 0 Å². The molecule has 84 valence electrons. The molecule has 0 spiro atoms. The molecule has 1 aromatic heterocycles. The fourth-order valence-corrected chi connectivity index (χ4v) is 1.87. The Labute approximate surface area is 107 Å². The number of hydrogen-bond donors (Lipinski definition) is 1. The highest BCUT2D eigenvalue weighted by atomic mass is 79.9. The third-order valence-electron chi connectivity index (χ3n) is 2.21. The molecule has 0 radical (unpaired) electrons. The molecule has 1 heterocycles. The second-order valence-corrected chi connectivity index (χ2v) is 4.38. The van der Waals surface area contributed by atoms with Gasteiger partial charge in [-0.3, -0.25) is 9.78 Å². The molecule has 0 aliphatic heterocycles. The van der Waals surface area contributed by atoms with Gasteiger partial charge in [0.05, 0.1) is 17.6 Å². The van der Waals surface area contributed by atoms with Crippen LogP contribution in [0.15, 0.2) is 34.9 Å². The minimum atomic E-state index is -0.204. The summed E-state index contributed by atoms with van der Waals surface area (Å²) in [5.41, 5.74) is 1.43. The summed E-state index contributed by atoms with van der Waals surface area (Å²) in [4.78, 5) is 15.7. The summed E-state index contributed by atoms with van der Waals surface area (Å²) in [6, 6.07) is 7.54. The fourth-order valence-electron chi connectivity index (χ4n) is 1.52. The zero-order valence-electron chi connectivity index (χ0n) is 8.90. The van der Waals surface area contributed by atoms with Gasteiger partial charge in [-0.1, -0.05) is 18.1 Å². The lowest BCUT2D eigenvalue weighted by Gasteiger charge is -2.06. The van der Waals surface area contributed by atoms with Crippen LogP contribution in [0.1, 0.15) is 6.42 Å². The van der Waals surface area contributed by atoms with E-state index in [-0.39, 0.29) is 12.3 Å². The summed E-state index contributed by atoms with van der Waals surface area (Å²) in [5, 5.41) is 3.70. The van der Waals surface area contributed by atoms with Gasteiger partial charge in [-0.15, -0.1) is 6.42 Å². The van der Waals surface area contributed by atoms with E-state index >= 15 is 0 Å². The van der Waals surface area contributed by atoms with Gasteiger partial charge in [0.25, 0.3) is 0 Å². The number of carbonyl (C=O) groups excluding carboxylic acids is 1. The number of para-hydroxylation sites is 1. The molecule has 0 aliphatic carbocycles. The van der Waals surface area contributed by atoms with Gasteiger partial charge in [0.1, 0.15) is 0 Å². The van der Waals surface area contributed by atoms with E-state index < -0.39 is 0 Å². The molecule has 0 aliphatic rings. The van der Waals surface area contributed by atoms with Crippen molar-refractivity contribution < 1.29 is 4.79 Å². The molecule has 17 heavy (non-hydrogen) atoms. The van der Waals surface area contributed by atoms with Crippen LogP contribution >= 0.6 is 15.9 Å². The third kappa shape index (κ3) is 2.63. The summed E-state index contributed by atoms with van der Waals surface area (Å²) in [6.45, 7) is 0. The van der Waals surface area contributed by atoms with E-state index in [4.69, 9.17) is 6.42 Å². The van der Waals surface area contributed by atoms with E-state index in [0.29, 0.717) is 5.69 Å². The van der Waals surface area contributed by atoms with Crippen LogP contribution in [-0.2, 0) is 4.79 Å². The Morgan fingerprint density at radius 1 is 1.53 bits per heavy atom. The van der Waals surface area contributed by atoms with E-state index in [0.717, 1.165) is 15.4 Å². The molecule has 3 nitrogen and oxygen atoms in total. The van der Waals surface area contributed by atoms with Gasteiger partial charge < -0.3 is 5.32 Å². The smallest absolute Gasteiger partial charge is 0.236 e. The molecule has 0 bridgehead atoms. The van der Waals surface area contributed by atoms with E-state index in [9.17, 15) is 4.79 Å². The second-order valence-electron chi connectivity index (χ2n) is 3.46. The van der Waals surface area contributed by atoms with Crippen LogP contribution < -0.4 is 5.32 Å².